The van der Waals surface area contributed by atoms with Crippen molar-refractivity contribution in [2.24, 2.45) is 0 Å². The van der Waals surface area contributed by atoms with Crippen LogP contribution in [0.3, 0.4) is 0 Å². The van der Waals surface area contributed by atoms with E-state index in [1.807, 2.05) is 28.1 Å². The van der Waals surface area contributed by atoms with Gasteiger partial charge in [-0.2, -0.15) is 0 Å². The third-order valence-electron chi connectivity index (χ3n) is 4.25. The molecule has 2 rings (SSSR count). The van der Waals surface area contributed by atoms with Gasteiger partial charge < -0.3 is 20.4 Å². The van der Waals surface area contributed by atoms with E-state index in [0.717, 1.165) is 17.0 Å². The fourth-order valence-corrected chi connectivity index (χ4v) is 3.17. The van der Waals surface area contributed by atoms with E-state index in [2.05, 4.69) is 5.32 Å². The number of hydrogen-bond acceptors (Lipinski definition) is 6. The second-order valence-electron chi connectivity index (χ2n) is 6.50. The molecule has 0 atom stereocenters. The minimum Gasteiger partial charge on any atom is -0.395 e. The van der Waals surface area contributed by atoms with Crippen molar-refractivity contribution in [3.63, 3.8) is 0 Å². The van der Waals surface area contributed by atoms with Gasteiger partial charge in [-0.1, -0.05) is 0 Å². The first-order valence-corrected chi connectivity index (χ1v) is 10.4. The molecule has 174 valence electrons. The average Bonchev–Trinajstić information content (AvgIpc) is 2.74. The first-order chi connectivity index (χ1) is 15.2. The molecule has 2 amide bonds. The lowest BCUT2D eigenvalue weighted by atomic mass is 10.0. The maximum absolute atomic E-state index is 15.0. The van der Waals surface area contributed by atoms with Crippen LogP contribution < -0.4 is 10.8 Å². The molecule has 0 heterocycles. The fraction of sp³-hybridized carbons (Fsp3) is 0.300. The third kappa shape index (κ3) is 6.54. The minimum absolute atomic E-state index is 0.134. The monoisotopic (exact) mass is 567 g/mol. The molecule has 32 heavy (non-hydrogen) atoms. The van der Waals surface area contributed by atoms with Crippen molar-refractivity contribution in [3.05, 3.63) is 56.4 Å². The van der Waals surface area contributed by atoms with E-state index in [1.165, 1.54) is 19.1 Å². The van der Waals surface area contributed by atoms with Gasteiger partial charge in [0.25, 0.3) is 5.91 Å². The fourth-order valence-electron chi connectivity index (χ4n) is 2.71. The van der Waals surface area contributed by atoms with E-state index in [9.17, 15) is 18.4 Å². The van der Waals surface area contributed by atoms with Crippen LogP contribution in [-0.4, -0.2) is 53.3 Å². The van der Waals surface area contributed by atoms with Gasteiger partial charge in [0.15, 0.2) is 11.6 Å². The Morgan fingerprint density at radius 2 is 1.84 bits per heavy atom. The number of rotatable bonds is 10. The van der Waals surface area contributed by atoms with Crippen LogP contribution in [0.4, 0.5) is 24.5 Å². The molecule has 4 N–H and O–H groups in total. The topological polar surface area (TPSA) is 111 Å². The molecule has 0 saturated carbocycles. The Labute approximate surface area is 195 Å². The first kappa shape index (κ1) is 25.8. The summed E-state index contributed by atoms with van der Waals surface area (Å²) < 4.78 is 44.7. The van der Waals surface area contributed by atoms with Crippen LogP contribution >= 0.6 is 22.6 Å². The number of carbonyl (C=O) groups is 2. The van der Waals surface area contributed by atoms with Gasteiger partial charge in [0.1, 0.15) is 5.82 Å². The molecule has 0 bridgehead atoms. The molecule has 8 nitrogen and oxygen atoms in total. The number of nitrogens with zero attached hydrogens (tertiary/aromatic N) is 1. The van der Waals surface area contributed by atoms with Gasteiger partial charge in [0.05, 0.1) is 36.8 Å². The van der Waals surface area contributed by atoms with Crippen molar-refractivity contribution in [1.29, 1.82) is 0 Å². The van der Waals surface area contributed by atoms with Crippen molar-refractivity contribution in [3.8, 4) is 0 Å². The van der Waals surface area contributed by atoms with E-state index in [1.54, 1.807) is 0 Å². The molecule has 12 heteroatoms. The Balaban J connectivity index is 2.53. The number of anilines is 2. The van der Waals surface area contributed by atoms with Crippen LogP contribution in [0.25, 0.3) is 0 Å². The maximum Gasteiger partial charge on any atom is 0.277 e. The molecule has 0 radical (unpaired) electrons. The van der Waals surface area contributed by atoms with Gasteiger partial charge in [0, 0.05) is 29.1 Å². The van der Waals surface area contributed by atoms with Gasteiger partial charge in [0.2, 0.25) is 5.91 Å². The second-order valence-corrected chi connectivity index (χ2v) is 7.75. The summed E-state index contributed by atoms with van der Waals surface area (Å²) in [6.45, 7) is -0.435. The van der Waals surface area contributed by atoms with Crippen LogP contribution in [0.1, 0.15) is 22.8 Å². The lowest BCUT2D eigenvalue weighted by Crippen LogP contribution is -2.32. The zero-order chi connectivity index (χ0) is 23.8. The van der Waals surface area contributed by atoms with E-state index >= 15 is 4.39 Å². The summed E-state index contributed by atoms with van der Waals surface area (Å²) in [6, 6.07) is 4.98. The number of halogens is 4. The molecular formula is C20H21F3IN3O5. The molecule has 0 saturated heterocycles. The van der Waals surface area contributed by atoms with Gasteiger partial charge in [-0.05, 0) is 46.9 Å². The predicted octanol–water partition coefficient (Wildman–Crippen LogP) is 2.45. The van der Waals surface area contributed by atoms with E-state index in [-0.39, 0.29) is 24.4 Å². The predicted molar refractivity (Wildman–Crippen MR) is 117 cm³/mol. The van der Waals surface area contributed by atoms with Gasteiger partial charge in [-0.3, -0.25) is 14.4 Å². The van der Waals surface area contributed by atoms with Crippen LogP contribution in [-0.2, 0) is 16.2 Å². The Hall–Kier alpha value is -2.42. The SMILES string of the molecule is CC(=O)N(CCO)Cc1cc(C(=O)NOCCO)c(Nc2ccc(I)cc2F)c(F)c1F. The van der Waals surface area contributed by atoms with Gasteiger partial charge in [-0.25, -0.2) is 18.7 Å². The van der Waals surface area contributed by atoms with E-state index < -0.39 is 60.3 Å². The van der Waals surface area contributed by atoms with Crippen molar-refractivity contribution in [1.82, 2.24) is 10.4 Å². The summed E-state index contributed by atoms with van der Waals surface area (Å²) in [5.74, 6) is -5.08. The summed E-state index contributed by atoms with van der Waals surface area (Å²) in [6.07, 6.45) is 0. The number of benzene rings is 2. The van der Waals surface area contributed by atoms with Gasteiger partial charge in [-0.15, -0.1) is 0 Å². The molecule has 2 aromatic rings. The second kappa shape index (κ2) is 12.0. The quantitative estimate of drug-likeness (QED) is 0.200. The number of amides is 2. The first-order valence-electron chi connectivity index (χ1n) is 9.31. The smallest absolute Gasteiger partial charge is 0.277 e. The van der Waals surface area contributed by atoms with Crippen LogP contribution in [0.5, 0.6) is 0 Å². The Kier molecular flexibility index (Phi) is 9.68. The molecule has 2 aromatic carbocycles. The summed E-state index contributed by atoms with van der Waals surface area (Å²) >= 11 is 1.88. The van der Waals surface area contributed by atoms with Gasteiger partial charge >= 0.3 is 0 Å². The molecule has 0 fully saturated rings. The highest BCUT2D eigenvalue weighted by atomic mass is 127. The highest BCUT2D eigenvalue weighted by Crippen LogP contribution is 2.31. The zero-order valence-electron chi connectivity index (χ0n) is 16.9. The molecule has 0 aliphatic carbocycles. The molecule has 0 unspecified atom stereocenters. The summed E-state index contributed by atoms with van der Waals surface area (Å²) in [5.41, 5.74) is 0.365. The van der Waals surface area contributed by atoms with Crippen molar-refractivity contribution in [2.45, 2.75) is 13.5 Å². The third-order valence-corrected chi connectivity index (χ3v) is 4.92. The highest BCUT2D eigenvalue weighted by molar-refractivity contribution is 14.1. The van der Waals surface area contributed by atoms with Crippen LogP contribution in [0, 0.1) is 21.0 Å². The lowest BCUT2D eigenvalue weighted by Gasteiger charge is -2.22. The maximum atomic E-state index is 15.0. The number of hydrogen-bond donors (Lipinski definition) is 4. The molecule has 0 spiro atoms. The van der Waals surface area contributed by atoms with Crippen LogP contribution in [0.2, 0.25) is 0 Å². The van der Waals surface area contributed by atoms with Crippen molar-refractivity contribution >= 4 is 45.8 Å². The summed E-state index contributed by atoms with van der Waals surface area (Å²) in [5, 5.41) is 20.3. The number of aliphatic hydroxyl groups excluding tert-OH is 2. The van der Waals surface area contributed by atoms with E-state index in [0.29, 0.717) is 3.57 Å². The largest absolute Gasteiger partial charge is 0.395 e. The average molecular weight is 567 g/mol. The zero-order valence-corrected chi connectivity index (χ0v) is 19.1. The summed E-state index contributed by atoms with van der Waals surface area (Å²) in [4.78, 5) is 30.1. The highest BCUT2D eigenvalue weighted by Gasteiger charge is 2.25. The van der Waals surface area contributed by atoms with Crippen molar-refractivity contribution in [2.75, 3.05) is 31.7 Å². The Morgan fingerprint density at radius 3 is 2.44 bits per heavy atom. The van der Waals surface area contributed by atoms with Crippen molar-refractivity contribution < 1.29 is 37.8 Å². The number of aliphatic hydroxyl groups is 2. The normalized spacial score (nSPS) is 10.7. The molecule has 0 aliphatic heterocycles. The standard InChI is InChI=1S/C20H21F3IN3O5/c1-11(30)27(4-5-28)10-12-8-14(20(31)26-32-7-6-29)19(18(23)17(12)22)25-16-3-2-13(24)9-15(16)21/h2-3,8-9,25,28-29H,4-7,10H2,1H3,(H,26,31). The Morgan fingerprint density at radius 1 is 1.12 bits per heavy atom. The minimum atomic E-state index is -1.47. The number of nitrogens with one attached hydrogen (secondary N) is 2. The Bertz CT molecular complexity index is 993. The van der Waals surface area contributed by atoms with E-state index in [4.69, 9.17) is 15.1 Å². The molecule has 0 aliphatic rings. The number of hydroxylamine groups is 1. The lowest BCUT2D eigenvalue weighted by molar-refractivity contribution is -0.130. The van der Waals surface area contributed by atoms with Crippen LogP contribution in [0.15, 0.2) is 24.3 Å². The molecule has 0 aromatic heterocycles. The summed E-state index contributed by atoms with van der Waals surface area (Å²) in [7, 11) is 0. The molecular weight excluding hydrogens is 546 g/mol. The number of carbonyl (C=O) groups excluding carboxylic acids is 2.